The van der Waals surface area contributed by atoms with Crippen LogP contribution in [0.4, 0.5) is 0 Å². The maximum absolute atomic E-state index is 12.5. The zero-order valence-electron chi connectivity index (χ0n) is 13.2. The Morgan fingerprint density at radius 2 is 1.95 bits per heavy atom. The first-order valence-electron chi connectivity index (χ1n) is 8.25. The van der Waals surface area contributed by atoms with Crippen LogP contribution in [0.2, 0.25) is 0 Å². The summed E-state index contributed by atoms with van der Waals surface area (Å²) < 4.78 is 0. The molecule has 2 atom stereocenters. The lowest BCUT2D eigenvalue weighted by atomic mass is 9.75. The number of hydrogen-bond acceptors (Lipinski definition) is 3. The second-order valence-corrected chi connectivity index (χ2v) is 6.80. The summed E-state index contributed by atoms with van der Waals surface area (Å²) in [5.41, 5.74) is -1.03. The maximum atomic E-state index is 12.5. The predicted octanol–water partition coefficient (Wildman–Crippen LogP) is 1.91. The molecule has 0 aromatic carbocycles. The Hall–Kier alpha value is -1.10. The summed E-state index contributed by atoms with van der Waals surface area (Å²) in [6.45, 7) is 5.05. The average Bonchev–Trinajstić information content (AvgIpc) is 2.47. The molecule has 0 radical (unpaired) electrons. The fourth-order valence-corrected chi connectivity index (χ4v) is 3.68. The van der Waals surface area contributed by atoms with Gasteiger partial charge >= 0.3 is 5.97 Å². The average molecular weight is 296 g/mol. The quantitative estimate of drug-likeness (QED) is 0.740. The van der Waals surface area contributed by atoms with E-state index in [1.807, 2.05) is 0 Å². The van der Waals surface area contributed by atoms with E-state index in [1.165, 1.54) is 0 Å². The molecule has 2 fully saturated rings. The van der Waals surface area contributed by atoms with Gasteiger partial charge in [-0.25, -0.2) is 4.79 Å². The van der Waals surface area contributed by atoms with E-state index in [9.17, 15) is 14.7 Å². The Morgan fingerprint density at radius 1 is 1.29 bits per heavy atom. The molecule has 1 heterocycles. The third kappa shape index (κ3) is 3.76. The predicted molar refractivity (Wildman–Crippen MR) is 80.9 cm³/mol. The van der Waals surface area contributed by atoms with Gasteiger partial charge in [0.1, 0.15) is 5.54 Å². The smallest absolute Gasteiger partial charge is 0.329 e. The van der Waals surface area contributed by atoms with Gasteiger partial charge < -0.3 is 15.7 Å². The molecule has 1 aliphatic carbocycles. The zero-order valence-corrected chi connectivity index (χ0v) is 13.2. The molecule has 120 valence electrons. The van der Waals surface area contributed by atoms with Gasteiger partial charge in [0.05, 0.1) is 0 Å². The van der Waals surface area contributed by atoms with Crippen molar-refractivity contribution in [2.24, 2.45) is 11.8 Å². The molecular weight excluding hydrogens is 268 g/mol. The minimum absolute atomic E-state index is 0.0543. The number of amides is 1. The number of aliphatic carboxylic acids is 1. The van der Waals surface area contributed by atoms with Crippen LogP contribution in [0, 0.1) is 11.8 Å². The molecule has 2 rings (SSSR count). The number of rotatable bonds is 4. The van der Waals surface area contributed by atoms with Crippen molar-refractivity contribution in [2.45, 2.75) is 70.4 Å². The van der Waals surface area contributed by atoms with E-state index in [-0.39, 0.29) is 11.8 Å². The number of piperidine rings is 1. The molecule has 1 amide bonds. The largest absolute Gasteiger partial charge is 0.480 e. The van der Waals surface area contributed by atoms with E-state index < -0.39 is 11.5 Å². The Bertz CT molecular complexity index is 389. The summed E-state index contributed by atoms with van der Waals surface area (Å²) in [6.07, 6.45) is 5.59. The number of hydrogen-bond donors (Lipinski definition) is 3. The van der Waals surface area contributed by atoms with Crippen LogP contribution in [0.25, 0.3) is 0 Å². The molecule has 0 aromatic rings. The van der Waals surface area contributed by atoms with Crippen LogP contribution in [0.5, 0.6) is 0 Å². The number of carbonyl (C=O) groups excluding carboxylic acids is 1. The highest BCUT2D eigenvalue weighted by Crippen LogP contribution is 2.34. The molecular formula is C16H28N2O3. The lowest BCUT2D eigenvalue weighted by molar-refractivity contribution is -0.150. The normalized spacial score (nSPS) is 37.0. The third-order valence-corrected chi connectivity index (χ3v) is 5.30. The van der Waals surface area contributed by atoms with Crippen molar-refractivity contribution in [3.63, 3.8) is 0 Å². The van der Waals surface area contributed by atoms with Gasteiger partial charge in [-0.3, -0.25) is 4.79 Å². The molecule has 1 aliphatic heterocycles. The number of carboxylic acid groups (broad SMARTS) is 1. The topological polar surface area (TPSA) is 78.4 Å². The Morgan fingerprint density at radius 3 is 2.48 bits per heavy atom. The van der Waals surface area contributed by atoms with Gasteiger partial charge in [0.25, 0.3) is 0 Å². The van der Waals surface area contributed by atoms with Gasteiger partial charge in [0.15, 0.2) is 0 Å². The van der Waals surface area contributed by atoms with E-state index in [4.69, 9.17) is 0 Å². The van der Waals surface area contributed by atoms with Crippen molar-refractivity contribution in [1.82, 2.24) is 10.6 Å². The van der Waals surface area contributed by atoms with Crippen LogP contribution in [0.15, 0.2) is 0 Å². The van der Waals surface area contributed by atoms with Gasteiger partial charge in [-0.1, -0.05) is 13.3 Å². The molecule has 2 aliphatic rings. The highest BCUT2D eigenvalue weighted by atomic mass is 16.4. The zero-order chi connectivity index (χ0) is 15.5. The molecule has 5 nitrogen and oxygen atoms in total. The summed E-state index contributed by atoms with van der Waals surface area (Å²) in [7, 11) is 0. The van der Waals surface area contributed by atoms with Crippen molar-refractivity contribution in [3.05, 3.63) is 0 Å². The van der Waals surface area contributed by atoms with Crippen LogP contribution in [0.3, 0.4) is 0 Å². The summed E-state index contributed by atoms with van der Waals surface area (Å²) in [4.78, 5) is 24.2. The minimum Gasteiger partial charge on any atom is -0.480 e. The molecule has 5 heteroatoms. The van der Waals surface area contributed by atoms with E-state index in [2.05, 4.69) is 24.5 Å². The van der Waals surface area contributed by atoms with Crippen molar-refractivity contribution in [1.29, 1.82) is 0 Å². The fraction of sp³-hybridized carbons (Fsp3) is 0.875. The van der Waals surface area contributed by atoms with Crippen LogP contribution >= 0.6 is 0 Å². The van der Waals surface area contributed by atoms with Gasteiger partial charge in [0.2, 0.25) is 5.91 Å². The molecule has 3 N–H and O–H groups in total. The van der Waals surface area contributed by atoms with E-state index in [1.54, 1.807) is 0 Å². The number of carboxylic acids is 1. The van der Waals surface area contributed by atoms with Crippen molar-refractivity contribution < 1.29 is 14.7 Å². The van der Waals surface area contributed by atoms with E-state index in [0.29, 0.717) is 24.8 Å². The van der Waals surface area contributed by atoms with Gasteiger partial charge in [-0.15, -0.1) is 0 Å². The van der Waals surface area contributed by atoms with Crippen LogP contribution in [-0.4, -0.2) is 35.1 Å². The maximum Gasteiger partial charge on any atom is 0.329 e. The van der Waals surface area contributed by atoms with E-state index in [0.717, 1.165) is 38.6 Å². The molecule has 0 spiro atoms. The fourth-order valence-electron chi connectivity index (χ4n) is 3.68. The first kappa shape index (κ1) is 16.3. The molecule has 1 saturated carbocycles. The highest BCUT2D eigenvalue weighted by molar-refractivity contribution is 5.88. The number of carbonyl (C=O) groups is 2. The first-order valence-corrected chi connectivity index (χ1v) is 8.25. The second kappa shape index (κ2) is 6.77. The minimum atomic E-state index is -1.03. The van der Waals surface area contributed by atoms with Crippen molar-refractivity contribution in [2.75, 3.05) is 6.54 Å². The standard InChI is InChI=1S/C16H28N2O3/c1-3-12-4-7-16(8-5-12,15(20)21)18-14(19)13-6-9-17-11(2)10-13/h11-13,17H,3-10H2,1-2H3,(H,18,19)(H,20,21). The summed E-state index contributed by atoms with van der Waals surface area (Å²) in [5, 5.41) is 15.8. The van der Waals surface area contributed by atoms with Crippen LogP contribution in [-0.2, 0) is 9.59 Å². The molecule has 0 bridgehead atoms. The summed E-state index contributed by atoms with van der Waals surface area (Å²) in [6, 6.07) is 0.325. The monoisotopic (exact) mass is 296 g/mol. The third-order valence-electron chi connectivity index (χ3n) is 5.30. The van der Waals surface area contributed by atoms with Gasteiger partial charge in [-0.2, -0.15) is 0 Å². The van der Waals surface area contributed by atoms with Gasteiger partial charge in [0, 0.05) is 12.0 Å². The lowest BCUT2D eigenvalue weighted by Gasteiger charge is -2.39. The van der Waals surface area contributed by atoms with Crippen LogP contribution < -0.4 is 10.6 Å². The number of nitrogens with one attached hydrogen (secondary N) is 2. The highest BCUT2D eigenvalue weighted by Gasteiger charge is 2.44. The molecule has 0 aromatic heterocycles. The SMILES string of the molecule is CCC1CCC(NC(=O)C2CCNC(C)C2)(C(=O)O)CC1. The van der Waals surface area contributed by atoms with Crippen molar-refractivity contribution in [3.8, 4) is 0 Å². The van der Waals surface area contributed by atoms with Crippen molar-refractivity contribution >= 4 is 11.9 Å². The Kier molecular flexibility index (Phi) is 5.25. The van der Waals surface area contributed by atoms with Crippen LogP contribution in [0.1, 0.15) is 58.8 Å². The summed E-state index contributed by atoms with van der Waals surface area (Å²) >= 11 is 0. The molecule has 1 saturated heterocycles. The second-order valence-electron chi connectivity index (χ2n) is 6.80. The Balaban J connectivity index is 1.99. The van der Waals surface area contributed by atoms with E-state index >= 15 is 0 Å². The molecule has 2 unspecified atom stereocenters. The lowest BCUT2D eigenvalue weighted by Crippen LogP contribution is -2.58. The first-order chi connectivity index (χ1) is 9.97. The van der Waals surface area contributed by atoms with Gasteiger partial charge in [-0.05, 0) is 57.9 Å². The Labute approximate surface area is 126 Å². The molecule has 21 heavy (non-hydrogen) atoms. The summed E-state index contributed by atoms with van der Waals surface area (Å²) in [5.74, 6) is -0.386.